The summed E-state index contributed by atoms with van der Waals surface area (Å²) in [6.45, 7) is 5.60. The summed E-state index contributed by atoms with van der Waals surface area (Å²) in [5.74, 6) is 1.73. The minimum atomic E-state index is -0.0821. The Kier molecular flexibility index (Phi) is 7.40. The minimum Gasteiger partial charge on any atom is -0.496 e. The number of nitrogens with zero attached hydrogens (tertiary/aromatic N) is 3. The average molecular weight is 561 g/mol. The van der Waals surface area contributed by atoms with Crippen molar-refractivity contribution < 1.29 is 19.1 Å². The van der Waals surface area contributed by atoms with E-state index in [0.29, 0.717) is 24.5 Å². The highest BCUT2D eigenvalue weighted by molar-refractivity contribution is 7.08. The topological polar surface area (TPSA) is 85.7 Å². The first-order valence-corrected chi connectivity index (χ1v) is 15.1. The number of carbonyl (C=O) groups excluding carboxylic acids is 2. The minimum absolute atomic E-state index is 0.0821. The summed E-state index contributed by atoms with van der Waals surface area (Å²) in [6.07, 6.45) is 7.70. The van der Waals surface area contributed by atoms with E-state index in [1.165, 1.54) is 0 Å². The van der Waals surface area contributed by atoms with Gasteiger partial charge in [-0.25, -0.2) is 4.68 Å². The lowest BCUT2D eigenvalue weighted by molar-refractivity contribution is -0.128. The second-order valence-electron chi connectivity index (χ2n) is 11.2. The number of amides is 2. The molecule has 8 nitrogen and oxygen atoms in total. The zero-order valence-electron chi connectivity index (χ0n) is 23.4. The number of fused-ring (bicyclic) bond motifs is 3. The molecule has 1 saturated heterocycles. The fraction of sp³-hybridized carbons (Fsp3) is 0.452. The third kappa shape index (κ3) is 5.03. The summed E-state index contributed by atoms with van der Waals surface area (Å²) in [7, 11) is 1.66. The third-order valence-electron chi connectivity index (χ3n) is 8.18. The van der Waals surface area contributed by atoms with Crippen LogP contribution in [0.2, 0.25) is 0 Å². The Labute approximate surface area is 239 Å². The van der Waals surface area contributed by atoms with Gasteiger partial charge in [0.2, 0.25) is 5.91 Å². The lowest BCUT2D eigenvalue weighted by Gasteiger charge is -2.27. The summed E-state index contributed by atoms with van der Waals surface area (Å²) in [6, 6.07) is 6.12. The fourth-order valence-electron chi connectivity index (χ4n) is 5.82. The van der Waals surface area contributed by atoms with E-state index >= 15 is 0 Å². The summed E-state index contributed by atoms with van der Waals surface area (Å²) < 4.78 is 13.8. The summed E-state index contributed by atoms with van der Waals surface area (Å²) >= 11 is 1.59. The molecule has 1 aliphatic carbocycles. The van der Waals surface area contributed by atoms with Gasteiger partial charge in [-0.15, -0.1) is 0 Å². The number of rotatable bonds is 6. The van der Waals surface area contributed by atoms with Crippen LogP contribution in [0.5, 0.6) is 11.5 Å². The number of thiophene rings is 1. The number of methoxy groups -OCH3 is 1. The molecule has 4 heterocycles. The van der Waals surface area contributed by atoms with Gasteiger partial charge in [0, 0.05) is 53.2 Å². The van der Waals surface area contributed by atoms with E-state index in [2.05, 4.69) is 31.3 Å². The van der Waals surface area contributed by atoms with Crippen LogP contribution >= 0.6 is 11.3 Å². The number of hydrogen-bond acceptors (Lipinski definition) is 6. The molecule has 1 saturated carbocycles. The van der Waals surface area contributed by atoms with Crippen LogP contribution in [-0.2, 0) is 11.4 Å². The quantitative estimate of drug-likeness (QED) is 0.410. The van der Waals surface area contributed by atoms with Crippen molar-refractivity contribution in [2.24, 2.45) is 5.92 Å². The Hall–Kier alpha value is -3.59. The molecule has 0 bridgehead atoms. The van der Waals surface area contributed by atoms with Gasteiger partial charge in [0.15, 0.2) is 5.69 Å². The van der Waals surface area contributed by atoms with Crippen LogP contribution in [0, 0.1) is 5.92 Å². The number of benzene rings is 1. The highest BCUT2D eigenvalue weighted by Crippen LogP contribution is 2.44. The molecule has 1 unspecified atom stereocenters. The van der Waals surface area contributed by atoms with Crippen molar-refractivity contribution in [1.82, 2.24) is 20.0 Å². The molecule has 40 heavy (non-hydrogen) atoms. The van der Waals surface area contributed by atoms with E-state index in [1.54, 1.807) is 18.4 Å². The molecule has 1 aromatic carbocycles. The molecule has 1 atom stereocenters. The molecule has 2 amide bonds. The number of aromatic nitrogens is 2. The molecule has 2 aliphatic heterocycles. The maximum absolute atomic E-state index is 14.0. The normalized spacial score (nSPS) is 18.5. The molecule has 210 valence electrons. The Morgan fingerprint density at radius 2 is 2.00 bits per heavy atom. The van der Waals surface area contributed by atoms with Crippen LogP contribution in [-0.4, -0.2) is 52.7 Å². The molecule has 0 spiro atoms. The van der Waals surface area contributed by atoms with Crippen LogP contribution in [0.3, 0.4) is 0 Å². The Morgan fingerprint density at radius 1 is 1.15 bits per heavy atom. The molecule has 3 aliphatic rings. The van der Waals surface area contributed by atoms with Gasteiger partial charge in [-0.1, -0.05) is 18.1 Å². The highest BCUT2D eigenvalue weighted by atomic mass is 32.1. The van der Waals surface area contributed by atoms with Crippen LogP contribution in [0.25, 0.3) is 23.0 Å². The second-order valence-corrected chi connectivity index (χ2v) is 12.0. The number of nitrogens with one attached hydrogen (secondary N) is 1. The van der Waals surface area contributed by atoms with Gasteiger partial charge in [0.25, 0.3) is 5.91 Å². The number of likely N-dealkylation sites (tertiary alicyclic amines) is 1. The Balaban J connectivity index is 1.33. The van der Waals surface area contributed by atoms with Gasteiger partial charge in [-0.2, -0.15) is 16.4 Å². The first kappa shape index (κ1) is 26.6. The third-order valence-corrected chi connectivity index (χ3v) is 8.85. The van der Waals surface area contributed by atoms with E-state index in [4.69, 9.17) is 14.6 Å². The molecule has 6 rings (SSSR count). The Bertz CT molecular complexity index is 1450. The summed E-state index contributed by atoms with van der Waals surface area (Å²) in [5.41, 5.74) is 6.03. The molecular formula is C31H36N4O4S. The smallest absolute Gasteiger partial charge is 0.274 e. The summed E-state index contributed by atoms with van der Waals surface area (Å²) in [5, 5.41) is 12.2. The first-order valence-electron chi connectivity index (χ1n) is 14.2. The fourth-order valence-corrected chi connectivity index (χ4v) is 6.43. The van der Waals surface area contributed by atoms with E-state index < -0.39 is 0 Å². The molecule has 9 heteroatoms. The van der Waals surface area contributed by atoms with E-state index in [-0.39, 0.29) is 30.4 Å². The van der Waals surface area contributed by atoms with Gasteiger partial charge in [0.1, 0.15) is 18.1 Å². The number of ether oxygens (including phenoxy) is 2. The monoisotopic (exact) mass is 560 g/mol. The molecule has 3 aromatic rings. The first-order chi connectivity index (χ1) is 19.4. The van der Waals surface area contributed by atoms with Gasteiger partial charge in [-0.3, -0.25) is 9.59 Å². The SMILES string of the molecule is COc1cc2c(cc1C=C(C)C)-c1c(c(C(=O)N3CCCC(NC(=O)C4CCC4)CC3)nn1-c1ccsc1)CO2. The van der Waals surface area contributed by atoms with Crippen molar-refractivity contribution in [2.45, 2.75) is 65.0 Å². The molecular weight excluding hydrogens is 524 g/mol. The highest BCUT2D eigenvalue weighted by Gasteiger charge is 2.34. The number of hydrogen-bond donors (Lipinski definition) is 1. The van der Waals surface area contributed by atoms with Crippen LogP contribution in [0.1, 0.15) is 74.0 Å². The lowest BCUT2D eigenvalue weighted by Crippen LogP contribution is -2.41. The molecule has 0 radical (unpaired) electrons. The van der Waals surface area contributed by atoms with Crippen LogP contribution in [0.4, 0.5) is 0 Å². The number of carbonyl (C=O) groups is 2. The van der Waals surface area contributed by atoms with Crippen molar-refractivity contribution >= 4 is 29.2 Å². The zero-order valence-corrected chi connectivity index (χ0v) is 24.2. The van der Waals surface area contributed by atoms with Gasteiger partial charge in [-0.05, 0) is 63.5 Å². The van der Waals surface area contributed by atoms with Crippen molar-refractivity contribution in [2.75, 3.05) is 20.2 Å². The predicted molar refractivity (Wildman–Crippen MR) is 156 cm³/mol. The number of allylic oxidation sites excluding steroid dienone is 1. The van der Waals surface area contributed by atoms with Crippen molar-refractivity contribution in [1.29, 1.82) is 0 Å². The zero-order chi connectivity index (χ0) is 27.8. The van der Waals surface area contributed by atoms with Crippen LogP contribution < -0.4 is 14.8 Å². The average Bonchev–Trinajstić information content (AvgIpc) is 3.50. The summed E-state index contributed by atoms with van der Waals surface area (Å²) in [4.78, 5) is 28.4. The van der Waals surface area contributed by atoms with Crippen molar-refractivity contribution in [3.8, 4) is 28.4 Å². The van der Waals surface area contributed by atoms with E-state index in [9.17, 15) is 9.59 Å². The molecule has 2 fully saturated rings. The maximum atomic E-state index is 14.0. The van der Waals surface area contributed by atoms with E-state index in [0.717, 1.165) is 77.9 Å². The molecule has 1 N–H and O–H groups in total. The maximum Gasteiger partial charge on any atom is 0.274 e. The lowest BCUT2D eigenvalue weighted by atomic mass is 9.84. The Morgan fingerprint density at radius 3 is 2.70 bits per heavy atom. The van der Waals surface area contributed by atoms with Gasteiger partial charge < -0.3 is 19.7 Å². The van der Waals surface area contributed by atoms with E-state index in [1.807, 2.05) is 32.5 Å². The largest absolute Gasteiger partial charge is 0.496 e. The van der Waals surface area contributed by atoms with Gasteiger partial charge in [0.05, 0.1) is 18.5 Å². The van der Waals surface area contributed by atoms with Crippen LogP contribution in [0.15, 0.2) is 34.5 Å². The predicted octanol–water partition coefficient (Wildman–Crippen LogP) is 5.84. The molecule has 2 aromatic heterocycles. The van der Waals surface area contributed by atoms with Gasteiger partial charge >= 0.3 is 0 Å². The second kappa shape index (κ2) is 11.1. The standard InChI is InChI=1S/C31H36N4O4S/c1-19(2)14-21-15-24-27(16-26(21)38-3)39-17-25-28(33-35(29(24)25)23-10-13-40-18-23)31(37)34-11-5-8-22(9-12-34)32-30(36)20-6-4-7-20/h10,13-16,18,20,22H,4-9,11-12,17H2,1-3H3,(H,32,36). The van der Waals surface area contributed by atoms with Crippen molar-refractivity contribution in [3.05, 3.63) is 51.4 Å². The van der Waals surface area contributed by atoms with Crippen molar-refractivity contribution in [3.63, 3.8) is 0 Å².